The average Bonchev–Trinajstić information content (AvgIpc) is 1.95. The Hall–Kier alpha value is 0.264. The van der Waals surface area contributed by atoms with Gasteiger partial charge in [-0.3, -0.25) is 0 Å². The molecule has 0 saturated carbocycles. The van der Waals surface area contributed by atoms with E-state index in [9.17, 15) is 0 Å². The van der Waals surface area contributed by atoms with Crippen LogP contribution in [0.1, 0.15) is 27.2 Å². The van der Waals surface area contributed by atoms with Gasteiger partial charge in [0.15, 0.2) is 8.32 Å². The summed E-state index contributed by atoms with van der Waals surface area (Å²) in [5, 5.41) is 0. The van der Waals surface area contributed by atoms with Crippen molar-refractivity contribution in [3.63, 3.8) is 0 Å². The fourth-order valence-corrected chi connectivity index (χ4v) is 4.01. The highest BCUT2D eigenvalue weighted by molar-refractivity contribution is 6.76. The summed E-state index contributed by atoms with van der Waals surface area (Å²) in [7, 11) is -2.38. The van der Waals surface area contributed by atoms with Gasteiger partial charge in [-0.2, -0.15) is 0 Å². The maximum atomic E-state index is 6.34. The molecule has 1 nitrogen and oxygen atoms in total. The average molecular weight is 274 g/mol. The van der Waals surface area contributed by atoms with E-state index in [1.165, 1.54) is 6.04 Å². The van der Waals surface area contributed by atoms with Crippen molar-refractivity contribution in [2.24, 2.45) is 5.41 Å². The molecule has 0 fully saturated rings. The van der Waals surface area contributed by atoms with Gasteiger partial charge in [-0.1, -0.05) is 40.4 Å². The Labute approximate surface area is 111 Å². The molecule has 0 amide bonds. The van der Waals surface area contributed by atoms with Crippen LogP contribution in [0.4, 0.5) is 0 Å². The SMILES string of the molecule is CC(C)(C)C(C[CH+]C[Si](C)(C)C)O[Si](C)(C)C. The van der Waals surface area contributed by atoms with Gasteiger partial charge in [-0.15, -0.1) is 0 Å². The first-order valence-corrected chi connectivity index (χ1v) is 13.9. The van der Waals surface area contributed by atoms with E-state index < -0.39 is 16.4 Å². The third kappa shape index (κ3) is 9.92. The molecule has 0 N–H and O–H groups in total. The summed E-state index contributed by atoms with van der Waals surface area (Å²) in [5.74, 6) is 0. The van der Waals surface area contributed by atoms with Crippen LogP contribution in [0.25, 0.3) is 0 Å². The minimum absolute atomic E-state index is 0.246. The highest BCUT2D eigenvalue weighted by atomic mass is 28.4. The summed E-state index contributed by atoms with van der Waals surface area (Å²) in [4.78, 5) is 0. The molecular weight excluding hydrogens is 240 g/mol. The van der Waals surface area contributed by atoms with Crippen molar-refractivity contribution in [2.75, 3.05) is 0 Å². The molecule has 1 atom stereocenters. The lowest BCUT2D eigenvalue weighted by molar-refractivity contribution is 0.0794. The minimum Gasteiger partial charge on any atom is -0.410 e. The summed E-state index contributed by atoms with van der Waals surface area (Å²) in [6.45, 7) is 21.0. The van der Waals surface area contributed by atoms with Gasteiger partial charge in [0.05, 0.1) is 26.6 Å². The summed E-state index contributed by atoms with van der Waals surface area (Å²) in [6.07, 6.45) is 3.96. The topological polar surface area (TPSA) is 9.23 Å². The zero-order chi connectivity index (χ0) is 13.9. The van der Waals surface area contributed by atoms with Crippen molar-refractivity contribution in [1.82, 2.24) is 0 Å². The smallest absolute Gasteiger partial charge is 0.184 e. The predicted molar refractivity (Wildman–Crippen MR) is 84.7 cm³/mol. The fraction of sp³-hybridized carbons (Fsp3) is 0.929. The Kier molecular flexibility index (Phi) is 6.03. The van der Waals surface area contributed by atoms with E-state index in [-0.39, 0.29) is 5.41 Å². The molecular formula is C14H33OSi2+. The van der Waals surface area contributed by atoms with Crippen LogP contribution in [0, 0.1) is 11.8 Å². The van der Waals surface area contributed by atoms with E-state index in [4.69, 9.17) is 4.43 Å². The lowest BCUT2D eigenvalue weighted by Crippen LogP contribution is -2.39. The summed E-state index contributed by atoms with van der Waals surface area (Å²) in [6, 6.07) is 1.30. The molecule has 17 heavy (non-hydrogen) atoms. The first-order valence-electron chi connectivity index (χ1n) is 6.81. The zero-order valence-corrected chi connectivity index (χ0v) is 15.5. The molecule has 0 aliphatic rings. The van der Waals surface area contributed by atoms with E-state index in [0.29, 0.717) is 6.10 Å². The van der Waals surface area contributed by atoms with Crippen LogP contribution in [0.5, 0.6) is 0 Å². The van der Waals surface area contributed by atoms with E-state index in [0.717, 1.165) is 6.42 Å². The van der Waals surface area contributed by atoms with Crippen molar-refractivity contribution < 1.29 is 4.43 Å². The summed E-state index contributed by atoms with van der Waals surface area (Å²) in [5.41, 5.74) is 0.246. The molecule has 0 saturated heterocycles. The van der Waals surface area contributed by atoms with E-state index >= 15 is 0 Å². The van der Waals surface area contributed by atoms with Crippen molar-refractivity contribution in [3.05, 3.63) is 6.42 Å². The summed E-state index contributed by atoms with van der Waals surface area (Å²) >= 11 is 0. The van der Waals surface area contributed by atoms with E-state index in [1.54, 1.807) is 0 Å². The second-order valence-corrected chi connectivity index (χ2v) is 18.4. The van der Waals surface area contributed by atoms with Gasteiger partial charge in [0.1, 0.15) is 6.42 Å². The molecule has 102 valence electrons. The molecule has 0 aromatic rings. The molecule has 0 aromatic heterocycles. The van der Waals surface area contributed by atoms with Crippen LogP contribution >= 0.6 is 0 Å². The van der Waals surface area contributed by atoms with E-state index in [2.05, 4.69) is 66.5 Å². The standard InChI is InChI=1S/C14H33OSi2/c1-14(2,3)13(15-17(7,8)9)11-10-12-16(4,5)6/h10,13H,11-12H2,1-9H3/q+1. The van der Waals surface area contributed by atoms with Gasteiger partial charge in [-0.05, 0) is 25.1 Å². The van der Waals surface area contributed by atoms with Crippen LogP contribution in [-0.2, 0) is 4.43 Å². The molecule has 0 spiro atoms. The Bertz CT molecular complexity index is 218. The molecule has 0 heterocycles. The van der Waals surface area contributed by atoms with Crippen LogP contribution < -0.4 is 0 Å². The van der Waals surface area contributed by atoms with Gasteiger partial charge in [0, 0.05) is 0 Å². The molecule has 0 radical (unpaired) electrons. The van der Waals surface area contributed by atoms with Crippen LogP contribution in [0.2, 0.25) is 45.3 Å². The van der Waals surface area contributed by atoms with Crippen molar-refractivity contribution in [3.8, 4) is 0 Å². The molecule has 1 unspecified atom stereocenters. The van der Waals surface area contributed by atoms with Gasteiger partial charge in [0.25, 0.3) is 0 Å². The quantitative estimate of drug-likeness (QED) is 0.478. The zero-order valence-electron chi connectivity index (χ0n) is 13.5. The Morgan fingerprint density at radius 1 is 1.00 bits per heavy atom. The minimum atomic E-state index is -1.43. The van der Waals surface area contributed by atoms with Crippen molar-refractivity contribution in [1.29, 1.82) is 0 Å². The highest BCUT2D eigenvalue weighted by Gasteiger charge is 2.33. The first kappa shape index (κ1) is 17.3. The molecule has 0 bridgehead atoms. The largest absolute Gasteiger partial charge is 0.410 e. The maximum absolute atomic E-state index is 6.34. The third-order valence-corrected chi connectivity index (χ3v) is 5.10. The lowest BCUT2D eigenvalue weighted by Gasteiger charge is -2.34. The normalized spacial score (nSPS) is 15.8. The molecule has 0 rings (SSSR count). The Morgan fingerprint density at radius 2 is 1.47 bits per heavy atom. The van der Waals surface area contributed by atoms with Crippen LogP contribution in [0.15, 0.2) is 0 Å². The van der Waals surface area contributed by atoms with Crippen molar-refractivity contribution >= 4 is 16.4 Å². The van der Waals surface area contributed by atoms with Gasteiger partial charge >= 0.3 is 0 Å². The maximum Gasteiger partial charge on any atom is 0.184 e. The summed E-state index contributed by atoms with van der Waals surface area (Å²) < 4.78 is 6.34. The number of rotatable bonds is 6. The highest BCUT2D eigenvalue weighted by Crippen LogP contribution is 2.29. The first-order chi connectivity index (χ1) is 7.31. The Balaban J connectivity index is 4.33. The van der Waals surface area contributed by atoms with Gasteiger partial charge in [0.2, 0.25) is 0 Å². The van der Waals surface area contributed by atoms with Gasteiger partial charge in [-0.25, -0.2) is 0 Å². The monoisotopic (exact) mass is 273 g/mol. The van der Waals surface area contributed by atoms with Gasteiger partial charge < -0.3 is 4.43 Å². The molecule has 3 heteroatoms. The third-order valence-electron chi connectivity index (χ3n) is 2.60. The van der Waals surface area contributed by atoms with E-state index in [1.807, 2.05) is 0 Å². The Morgan fingerprint density at radius 3 is 1.76 bits per heavy atom. The van der Waals surface area contributed by atoms with Crippen molar-refractivity contribution in [2.45, 2.75) is 78.6 Å². The molecule has 0 aliphatic carbocycles. The molecule has 0 aliphatic heterocycles. The number of hydrogen-bond acceptors (Lipinski definition) is 1. The second-order valence-electron chi connectivity index (χ2n) is 8.37. The lowest BCUT2D eigenvalue weighted by atomic mass is 9.87. The van der Waals surface area contributed by atoms with Crippen LogP contribution in [-0.4, -0.2) is 22.5 Å². The second kappa shape index (κ2) is 5.94. The predicted octanol–water partition coefficient (Wildman–Crippen LogP) is 5.19. The fourth-order valence-electron chi connectivity index (χ4n) is 1.67. The van der Waals surface area contributed by atoms with Crippen LogP contribution in [0.3, 0.4) is 0 Å². The number of hydrogen-bond donors (Lipinski definition) is 0. The molecule has 0 aromatic carbocycles.